The van der Waals surface area contributed by atoms with Gasteiger partial charge in [0.1, 0.15) is 11.6 Å². The Hall–Kier alpha value is -1.10. The summed E-state index contributed by atoms with van der Waals surface area (Å²) in [4.78, 5) is 0. The van der Waals surface area contributed by atoms with Gasteiger partial charge in [-0.25, -0.2) is 4.39 Å². The molecule has 0 spiro atoms. The fraction of sp³-hybridized carbons (Fsp3) is 0.200. The number of rotatable bonds is 4. The Bertz CT molecular complexity index is 621. The quantitative estimate of drug-likeness (QED) is 0.865. The van der Waals surface area contributed by atoms with Gasteiger partial charge in [0.2, 0.25) is 0 Å². The molecule has 0 aromatic heterocycles. The van der Waals surface area contributed by atoms with E-state index in [0.29, 0.717) is 20.8 Å². The first-order valence-corrected chi connectivity index (χ1v) is 7.19. The van der Waals surface area contributed by atoms with Crippen LogP contribution in [0.4, 0.5) is 4.39 Å². The first-order chi connectivity index (χ1) is 9.56. The van der Waals surface area contributed by atoms with E-state index in [1.807, 2.05) is 12.1 Å². The van der Waals surface area contributed by atoms with Gasteiger partial charge in [-0.2, -0.15) is 0 Å². The smallest absolute Gasteiger partial charge is 0.137 e. The van der Waals surface area contributed by atoms with Crippen molar-refractivity contribution in [2.75, 3.05) is 14.2 Å². The summed E-state index contributed by atoms with van der Waals surface area (Å²) in [6.45, 7) is 0. The maximum absolute atomic E-state index is 14.1. The molecule has 0 aliphatic carbocycles. The second-order valence-corrected chi connectivity index (χ2v) is 5.60. The molecule has 0 saturated carbocycles. The molecule has 20 heavy (non-hydrogen) atoms. The molecule has 1 N–H and O–H groups in total. The van der Waals surface area contributed by atoms with Gasteiger partial charge in [0.15, 0.2) is 0 Å². The van der Waals surface area contributed by atoms with Gasteiger partial charge in [0.05, 0.1) is 18.2 Å². The van der Waals surface area contributed by atoms with E-state index in [9.17, 15) is 4.39 Å². The molecular weight excluding hydrogens is 345 g/mol. The lowest BCUT2D eigenvalue weighted by molar-refractivity contribution is 0.414. The maximum atomic E-state index is 14.1. The van der Waals surface area contributed by atoms with Gasteiger partial charge < -0.3 is 10.1 Å². The third-order valence-corrected chi connectivity index (χ3v) is 3.86. The molecule has 2 aromatic carbocycles. The van der Waals surface area contributed by atoms with Gasteiger partial charge in [-0.15, -0.1) is 0 Å². The van der Waals surface area contributed by atoms with Crippen LogP contribution in [-0.2, 0) is 0 Å². The summed E-state index contributed by atoms with van der Waals surface area (Å²) in [6.07, 6.45) is 0. The van der Waals surface area contributed by atoms with Crippen molar-refractivity contribution in [3.63, 3.8) is 0 Å². The highest BCUT2D eigenvalue weighted by atomic mass is 79.9. The summed E-state index contributed by atoms with van der Waals surface area (Å²) in [7, 11) is 3.34. The molecule has 0 aliphatic rings. The van der Waals surface area contributed by atoms with Crippen LogP contribution in [0.25, 0.3) is 0 Å². The summed E-state index contributed by atoms with van der Waals surface area (Å²) in [5, 5.41) is 3.61. The highest BCUT2D eigenvalue weighted by Gasteiger charge is 2.17. The lowest BCUT2D eigenvalue weighted by Crippen LogP contribution is -2.19. The molecule has 1 atom stereocenters. The van der Waals surface area contributed by atoms with E-state index >= 15 is 0 Å². The number of hydrogen-bond donors (Lipinski definition) is 1. The minimum absolute atomic E-state index is 0.272. The van der Waals surface area contributed by atoms with Crippen molar-refractivity contribution in [1.29, 1.82) is 0 Å². The zero-order chi connectivity index (χ0) is 14.7. The lowest BCUT2D eigenvalue weighted by Gasteiger charge is -2.19. The number of ether oxygens (including phenoxy) is 1. The van der Waals surface area contributed by atoms with Crippen molar-refractivity contribution < 1.29 is 9.13 Å². The van der Waals surface area contributed by atoms with Gasteiger partial charge in [-0.05, 0) is 36.9 Å². The highest BCUT2D eigenvalue weighted by Crippen LogP contribution is 2.31. The number of methoxy groups -OCH3 is 1. The molecule has 0 radical (unpaired) electrons. The van der Waals surface area contributed by atoms with Gasteiger partial charge in [-0.1, -0.05) is 39.7 Å². The van der Waals surface area contributed by atoms with Crippen molar-refractivity contribution in [2.24, 2.45) is 0 Å². The molecule has 0 saturated heterocycles. The van der Waals surface area contributed by atoms with E-state index in [4.69, 9.17) is 16.3 Å². The van der Waals surface area contributed by atoms with Gasteiger partial charge in [0.25, 0.3) is 0 Å². The molecule has 2 rings (SSSR count). The second kappa shape index (κ2) is 6.57. The molecule has 5 heteroatoms. The Morgan fingerprint density at radius 2 is 2.00 bits per heavy atom. The minimum Gasteiger partial charge on any atom is -0.495 e. The highest BCUT2D eigenvalue weighted by molar-refractivity contribution is 9.10. The molecule has 2 nitrogen and oxygen atoms in total. The van der Waals surface area contributed by atoms with Gasteiger partial charge >= 0.3 is 0 Å². The van der Waals surface area contributed by atoms with Crippen molar-refractivity contribution in [2.45, 2.75) is 6.04 Å². The zero-order valence-corrected chi connectivity index (χ0v) is 13.4. The van der Waals surface area contributed by atoms with E-state index in [-0.39, 0.29) is 11.9 Å². The largest absolute Gasteiger partial charge is 0.495 e. The van der Waals surface area contributed by atoms with Gasteiger partial charge in [-0.3, -0.25) is 0 Å². The number of benzene rings is 2. The number of nitrogens with one attached hydrogen (secondary N) is 1. The average molecular weight is 359 g/mol. The second-order valence-electron chi connectivity index (χ2n) is 4.28. The first-order valence-electron chi connectivity index (χ1n) is 6.02. The molecule has 2 aromatic rings. The Morgan fingerprint density at radius 1 is 1.25 bits per heavy atom. The number of hydrogen-bond acceptors (Lipinski definition) is 2. The Balaban J connectivity index is 2.44. The SMILES string of the molecule is CNC(c1ccc(OC)c(Cl)c1)c1ccc(Br)cc1F. The van der Waals surface area contributed by atoms with Crippen LogP contribution < -0.4 is 10.1 Å². The van der Waals surface area contributed by atoms with E-state index in [1.165, 1.54) is 6.07 Å². The molecule has 0 amide bonds. The van der Waals surface area contributed by atoms with Gasteiger partial charge in [0, 0.05) is 10.0 Å². The lowest BCUT2D eigenvalue weighted by atomic mass is 9.98. The van der Waals surface area contributed by atoms with Crippen LogP contribution in [0.15, 0.2) is 40.9 Å². The summed E-state index contributed by atoms with van der Waals surface area (Å²) in [6, 6.07) is 10.2. The van der Waals surface area contributed by atoms with Crippen LogP contribution in [0.3, 0.4) is 0 Å². The third kappa shape index (κ3) is 3.14. The van der Waals surface area contributed by atoms with E-state index in [0.717, 1.165) is 5.56 Å². The average Bonchev–Trinajstić information content (AvgIpc) is 2.42. The van der Waals surface area contributed by atoms with Crippen molar-refractivity contribution in [3.8, 4) is 5.75 Å². The van der Waals surface area contributed by atoms with E-state index in [1.54, 1.807) is 32.4 Å². The topological polar surface area (TPSA) is 21.3 Å². The molecular formula is C15H14BrClFNO. The predicted molar refractivity (Wildman–Crippen MR) is 83.0 cm³/mol. The Morgan fingerprint density at radius 3 is 2.55 bits per heavy atom. The molecule has 0 heterocycles. The molecule has 1 unspecified atom stereocenters. The Kier molecular flexibility index (Phi) is 5.02. The molecule has 106 valence electrons. The van der Waals surface area contributed by atoms with Crippen LogP contribution in [0.5, 0.6) is 5.75 Å². The van der Waals surface area contributed by atoms with E-state index in [2.05, 4.69) is 21.2 Å². The predicted octanol–water partition coefficient (Wildman–Crippen LogP) is 4.56. The summed E-state index contributed by atoms with van der Waals surface area (Å²) in [5.74, 6) is 0.326. The van der Waals surface area contributed by atoms with Crippen LogP contribution in [0, 0.1) is 5.82 Å². The first kappa shape index (κ1) is 15.3. The summed E-state index contributed by atoms with van der Waals surface area (Å²) < 4.78 is 19.9. The van der Waals surface area contributed by atoms with Crippen molar-refractivity contribution >= 4 is 27.5 Å². The van der Waals surface area contributed by atoms with Crippen molar-refractivity contribution in [1.82, 2.24) is 5.32 Å². The van der Waals surface area contributed by atoms with Crippen LogP contribution in [-0.4, -0.2) is 14.2 Å². The maximum Gasteiger partial charge on any atom is 0.137 e. The standard InChI is InChI=1S/C15H14BrClFNO/c1-19-15(11-5-4-10(16)8-13(11)18)9-3-6-14(20-2)12(17)7-9/h3-8,15,19H,1-2H3. The summed E-state index contributed by atoms with van der Waals surface area (Å²) >= 11 is 9.39. The van der Waals surface area contributed by atoms with Crippen LogP contribution >= 0.6 is 27.5 Å². The molecule has 0 aliphatic heterocycles. The number of halogens is 3. The van der Waals surface area contributed by atoms with Crippen molar-refractivity contribution in [3.05, 3.63) is 62.8 Å². The monoisotopic (exact) mass is 357 g/mol. The zero-order valence-electron chi connectivity index (χ0n) is 11.1. The Labute approximate surface area is 131 Å². The molecule has 0 bridgehead atoms. The molecule has 0 fully saturated rings. The fourth-order valence-electron chi connectivity index (χ4n) is 2.10. The van der Waals surface area contributed by atoms with Crippen LogP contribution in [0.2, 0.25) is 5.02 Å². The van der Waals surface area contributed by atoms with E-state index < -0.39 is 0 Å². The minimum atomic E-state index is -0.273. The third-order valence-electron chi connectivity index (χ3n) is 3.07. The van der Waals surface area contributed by atoms with Crippen LogP contribution in [0.1, 0.15) is 17.2 Å². The normalized spacial score (nSPS) is 12.2. The summed E-state index contributed by atoms with van der Waals surface area (Å²) in [5.41, 5.74) is 1.44. The fourth-order valence-corrected chi connectivity index (χ4v) is 2.70.